The van der Waals surface area contributed by atoms with E-state index >= 15 is 0 Å². The number of benzene rings is 1. The van der Waals surface area contributed by atoms with Crippen LogP contribution in [0.4, 0.5) is 4.79 Å². The lowest BCUT2D eigenvalue weighted by molar-refractivity contribution is 0.152. The average molecular weight is 285 g/mol. The number of aryl methyl sites for hydroxylation is 1. The van der Waals surface area contributed by atoms with Crippen LogP contribution >= 0.6 is 0 Å². The summed E-state index contributed by atoms with van der Waals surface area (Å²) in [7, 11) is 0. The molecule has 0 amide bonds. The van der Waals surface area contributed by atoms with Crippen LogP contribution < -0.4 is 0 Å². The van der Waals surface area contributed by atoms with Crippen LogP contribution in [0.2, 0.25) is 0 Å². The van der Waals surface area contributed by atoms with E-state index in [0.717, 1.165) is 22.5 Å². The van der Waals surface area contributed by atoms with E-state index in [1.807, 2.05) is 44.2 Å². The molecule has 0 fully saturated rings. The van der Waals surface area contributed by atoms with Gasteiger partial charge in [0.25, 0.3) is 0 Å². The van der Waals surface area contributed by atoms with Gasteiger partial charge in [0.2, 0.25) is 0 Å². The molecule has 0 saturated heterocycles. The van der Waals surface area contributed by atoms with Gasteiger partial charge in [-0.25, -0.2) is 9.36 Å². The summed E-state index contributed by atoms with van der Waals surface area (Å²) in [6.45, 7) is 10.5. The molecule has 2 aromatic rings. The first-order valence-electron chi connectivity index (χ1n) is 7.31. The van der Waals surface area contributed by atoms with E-state index in [1.54, 1.807) is 4.57 Å². The first kappa shape index (κ1) is 15.4. The van der Waals surface area contributed by atoms with Crippen molar-refractivity contribution in [3.8, 4) is 11.3 Å². The highest BCUT2D eigenvalue weighted by Gasteiger charge is 2.27. The van der Waals surface area contributed by atoms with Gasteiger partial charge in [-0.15, -0.1) is 0 Å². The van der Waals surface area contributed by atoms with E-state index < -0.39 is 0 Å². The van der Waals surface area contributed by atoms with Crippen molar-refractivity contribution < 1.29 is 9.53 Å². The normalized spacial score (nSPS) is 11.5. The SMILES string of the molecule is CCOC(=O)n1c(C(C)(C)C)cc(C)c1-c1ccccc1. The van der Waals surface area contributed by atoms with Crippen molar-refractivity contribution in [1.82, 2.24) is 4.57 Å². The van der Waals surface area contributed by atoms with E-state index in [2.05, 4.69) is 26.8 Å². The molecule has 3 heteroatoms. The highest BCUT2D eigenvalue weighted by Crippen LogP contribution is 2.33. The first-order valence-corrected chi connectivity index (χ1v) is 7.31. The second kappa shape index (κ2) is 5.76. The van der Waals surface area contributed by atoms with Crippen LogP contribution in [0.1, 0.15) is 39.0 Å². The zero-order valence-corrected chi connectivity index (χ0v) is 13.4. The Bertz CT molecular complexity index is 633. The molecule has 0 atom stereocenters. The molecule has 0 spiro atoms. The standard InChI is InChI=1S/C18H23NO2/c1-6-21-17(20)19-15(18(3,4)5)12-13(2)16(19)14-10-8-7-9-11-14/h7-12H,6H2,1-5H3. The molecule has 0 aliphatic heterocycles. The predicted octanol–water partition coefficient (Wildman–Crippen LogP) is 4.77. The molecule has 0 aliphatic rings. The van der Waals surface area contributed by atoms with E-state index in [9.17, 15) is 4.79 Å². The Morgan fingerprint density at radius 1 is 1.19 bits per heavy atom. The van der Waals surface area contributed by atoms with Crippen molar-refractivity contribution in [2.24, 2.45) is 0 Å². The molecule has 1 aromatic heterocycles. The van der Waals surface area contributed by atoms with Gasteiger partial charge < -0.3 is 4.74 Å². The quantitative estimate of drug-likeness (QED) is 0.796. The Morgan fingerprint density at radius 3 is 2.33 bits per heavy atom. The van der Waals surface area contributed by atoms with Crippen molar-refractivity contribution >= 4 is 6.09 Å². The Labute approximate surface area is 126 Å². The molecule has 0 unspecified atom stereocenters. The number of hydrogen-bond acceptors (Lipinski definition) is 2. The van der Waals surface area contributed by atoms with Crippen molar-refractivity contribution in [2.75, 3.05) is 6.61 Å². The fourth-order valence-electron chi connectivity index (χ4n) is 2.52. The molecule has 0 N–H and O–H groups in total. The summed E-state index contributed by atoms with van der Waals surface area (Å²) in [6, 6.07) is 12.1. The zero-order chi connectivity index (χ0) is 15.6. The van der Waals surface area contributed by atoms with Crippen molar-refractivity contribution in [3.05, 3.63) is 47.7 Å². The Kier molecular flexibility index (Phi) is 4.21. The largest absolute Gasteiger partial charge is 0.449 e. The van der Waals surface area contributed by atoms with Gasteiger partial charge in [0.1, 0.15) is 0 Å². The second-order valence-corrected chi connectivity index (χ2v) is 6.21. The lowest BCUT2D eigenvalue weighted by Gasteiger charge is -2.21. The van der Waals surface area contributed by atoms with Crippen LogP contribution in [0.5, 0.6) is 0 Å². The Morgan fingerprint density at radius 2 is 1.81 bits per heavy atom. The first-order chi connectivity index (χ1) is 9.86. The summed E-state index contributed by atoms with van der Waals surface area (Å²) in [6.07, 6.45) is -0.311. The van der Waals surface area contributed by atoms with Gasteiger partial charge in [0.05, 0.1) is 12.3 Å². The minimum absolute atomic E-state index is 0.134. The highest BCUT2D eigenvalue weighted by atomic mass is 16.5. The van der Waals surface area contributed by atoms with E-state index in [1.165, 1.54) is 0 Å². The highest BCUT2D eigenvalue weighted by molar-refractivity contribution is 5.81. The molecule has 0 aliphatic carbocycles. The molecule has 112 valence electrons. The molecular weight excluding hydrogens is 262 g/mol. The molecule has 21 heavy (non-hydrogen) atoms. The molecule has 1 aromatic carbocycles. The van der Waals surface area contributed by atoms with Gasteiger partial charge in [-0.05, 0) is 31.0 Å². The fourth-order valence-corrected chi connectivity index (χ4v) is 2.52. The van der Waals surface area contributed by atoms with Crippen LogP contribution in [0.3, 0.4) is 0 Å². The summed E-state index contributed by atoms with van der Waals surface area (Å²) in [5.74, 6) is 0. The van der Waals surface area contributed by atoms with Gasteiger partial charge in [0, 0.05) is 11.1 Å². The maximum atomic E-state index is 12.5. The van der Waals surface area contributed by atoms with E-state index in [0.29, 0.717) is 6.61 Å². The number of carbonyl (C=O) groups is 1. The second-order valence-electron chi connectivity index (χ2n) is 6.21. The summed E-state index contributed by atoms with van der Waals surface area (Å²) in [5, 5.41) is 0. The molecule has 3 nitrogen and oxygen atoms in total. The van der Waals surface area contributed by atoms with E-state index in [-0.39, 0.29) is 11.5 Å². The van der Waals surface area contributed by atoms with Crippen LogP contribution in [-0.2, 0) is 10.2 Å². The number of nitrogens with zero attached hydrogens (tertiary/aromatic N) is 1. The van der Waals surface area contributed by atoms with Crippen molar-refractivity contribution in [3.63, 3.8) is 0 Å². The third-order valence-corrected chi connectivity index (χ3v) is 3.46. The fraction of sp³-hybridized carbons (Fsp3) is 0.389. The van der Waals surface area contributed by atoms with Crippen LogP contribution in [0, 0.1) is 6.92 Å². The molecular formula is C18H23NO2. The maximum absolute atomic E-state index is 12.5. The number of rotatable bonds is 2. The minimum atomic E-state index is -0.311. The average Bonchev–Trinajstić information content (AvgIpc) is 2.77. The van der Waals surface area contributed by atoms with Gasteiger partial charge >= 0.3 is 6.09 Å². The minimum Gasteiger partial charge on any atom is -0.449 e. The topological polar surface area (TPSA) is 31.2 Å². The Hall–Kier alpha value is -2.03. The predicted molar refractivity (Wildman–Crippen MR) is 85.7 cm³/mol. The van der Waals surface area contributed by atoms with Gasteiger partial charge in [-0.3, -0.25) is 0 Å². The summed E-state index contributed by atoms with van der Waals surface area (Å²) < 4.78 is 6.98. The van der Waals surface area contributed by atoms with E-state index in [4.69, 9.17) is 4.74 Å². The van der Waals surface area contributed by atoms with Gasteiger partial charge in [0.15, 0.2) is 0 Å². The number of aromatic nitrogens is 1. The number of hydrogen-bond donors (Lipinski definition) is 0. The monoisotopic (exact) mass is 285 g/mol. The lowest BCUT2D eigenvalue weighted by atomic mass is 9.92. The van der Waals surface area contributed by atoms with Gasteiger partial charge in [-0.2, -0.15) is 0 Å². The molecule has 1 heterocycles. The Balaban J connectivity index is 2.70. The maximum Gasteiger partial charge on any atom is 0.418 e. The smallest absolute Gasteiger partial charge is 0.418 e. The lowest BCUT2D eigenvalue weighted by Crippen LogP contribution is -2.24. The van der Waals surface area contributed by atoms with Crippen molar-refractivity contribution in [2.45, 2.75) is 40.0 Å². The summed E-state index contributed by atoms with van der Waals surface area (Å²) in [5.41, 5.74) is 3.86. The van der Waals surface area contributed by atoms with Crippen LogP contribution in [0.15, 0.2) is 36.4 Å². The summed E-state index contributed by atoms with van der Waals surface area (Å²) >= 11 is 0. The summed E-state index contributed by atoms with van der Waals surface area (Å²) in [4.78, 5) is 12.5. The third-order valence-electron chi connectivity index (χ3n) is 3.46. The molecule has 0 radical (unpaired) electrons. The molecule has 2 rings (SSSR count). The van der Waals surface area contributed by atoms with Crippen molar-refractivity contribution in [1.29, 1.82) is 0 Å². The number of ether oxygens (including phenoxy) is 1. The molecule has 0 saturated carbocycles. The third kappa shape index (κ3) is 3.02. The van der Waals surface area contributed by atoms with Crippen LogP contribution in [0.25, 0.3) is 11.3 Å². The zero-order valence-electron chi connectivity index (χ0n) is 13.4. The van der Waals surface area contributed by atoms with Crippen LogP contribution in [-0.4, -0.2) is 17.3 Å². The van der Waals surface area contributed by atoms with Gasteiger partial charge in [-0.1, -0.05) is 51.1 Å². The number of carbonyl (C=O) groups excluding carboxylic acids is 1. The molecule has 0 bridgehead atoms.